The maximum Gasteiger partial charge on any atom is 0.00820 e. The molecule has 0 bridgehead atoms. The van der Waals surface area contributed by atoms with Gasteiger partial charge in [0.05, 0.1) is 0 Å². The largest absolute Gasteiger partial charge is 0.327 e. The smallest absolute Gasteiger partial charge is 0.00820 e. The molecule has 3 rings (SSSR count). The summed E-state index contributed by atoms with van der Waals surface area (Å²) in [6.07, 6.45) is 19.5. The second-order valence-corrected chi connectivity index (χ2v) is 11.8. The molecule has 2 N–H and O–H groups in total. The second kappa shape index (κ2) is 12.4. The van der Waals surface area contributed by atoms with Gasteiger partial charge in [0.1, 0.15) is 0 Å². The molecule has 0 spiro atoms. The number of hydrogen-bond acceptors (Lipinski definition) is 1. The lowest BCUT2D eigenvalue weighted by molar-refractivity contribution is 0.321. The van der Waals surface area contributed by atoms with Crippen LogP contribution in [0.15, 0.2) is 17.7 Å². The van der Waals surface area contributed by atoms with Crippen molar-refractivity contribution in [2.24, 2.45) is 29.4 Å². The third-order valence-corrected chi connectivity index (χ3v) is 8.52. The fourth-order valence-corrected chi connectivity index (χ4v) is 6.25. The Morgan fingerprint density at radius 2 is 1.81 bits per heavy atom. The van der Waals surface area contributed by atoms with Crippen LogP contribution in [0.1, 0.15) is 121 Å². The Morgan fingerprint density at radius 3 is 2.53 bits per heavy atom. The van der Waals surface area contributed by atoms with Gasteiger partial charge in [-0.2, -0.15) is 0 Å². The fraction of sp³-hybridized carbons (Fsp3) is 0.742. The molecule has 3 atom stereocenters. The maximum absolute atomic E-state index is 6.75. The average Bonchev–Trinajstić information content (AvgIpc) is 2.76. The lowest BCUT2D eigenvalue weighted by Gasteiger charge is -2.29. The summed E-state index contributed by atoms with van der Waals surface area (Å²) >= 11 is 0. The van der Waals surface area contributed by atoms with Crippen molar-refractivity contribution in [3.05, 3.63) is 40.0 Å². The minimum atomic E-state index is 0.272. The number of unbranched alkanes of at least 4 members (excludes halogenated alkanes) is 2. The number of rotatable bonds is 10. The van der Waals surface area contributed by atoms with Crippen LogP contribution in [0.3, 0.4) is 0 Å². The van der Waals surface area contributed by atoms with Crippen molar-refractivity contribution in [1.29, 1.82) is 0 Å². The molecule has 0 amide bonds. The van der Waals surface area contributed by atoms with Crippen LogP contribution in [0.2, 0.25) is 0 Å². The third-order valence-electron chi connectivity index (χ3n) is 8.52. The molecule has 1 aromatic rings. The number of fused-ring (bicyclic) bond motifs is 1. The quantitative estimate of drug-likeness (QED) is 0.365. The van der Waals surface area contributed by atoms with E-state index in [4.69, 9.17) is 5.73 Å². The van der Waals surface area contributed by atoms with Crippen LogP contribution in [-0.4, -0.2) is 6.04 Å². The Balaban J connectivity index is 1.79. The van der Waals surface area contributed by atoms with Crippen LogP contribution >= 0.6 is 0 Å². The van der Waals surface area contributed by atoms with Crippen LogP contribution in [0.25, 0.3) is 6.08 Å². The Labute approximate surface area is 199 Å². The van der Waals surface area contributed by atoms with E-state index in [0.717, 1.165) is 36.5 Å². The number of aryl methyl sites for hydroxylation is 1. The molecule has 0 aliphatic heterocycles. The van der Waals surface area contributed by atoms with Gasteiger partial charge in [-0.05, 0) is 97.8 Å². The Morgan fingerprint density at radius 1 is 1.06 bits per heavy atom. The molecule has 2 aliphatic rings. The van der Waals surface area contributed by atoms with E-state index in [1.807, 2.05) is 0 Å². The van der Waals surface area contributed by atoms with Gasteiger partial charge in [0.25, 0.3) is 0 Å². The number of benzene rings is 1. The van der Waals surface area contributed by atoms with Crippen molar-refractivity contribution >= 4 is 6.08 Å². The van der Waals surface area contributed by atoms with Crippen molar-refractivity contribution in [2.75, 3.05) is 0 Å². The third kappa shape index (κ3) is 7.21. The molecule has 1 nitrogen and oxygen atoms in total. The first-order valence-electron chi connectivity index (χ1n) is 13.9. The van der Waals surface area contributed by atoms with E-state index < -0.39 is 0 Å². The van der Waals surface area contributed by atoms with Gasteiger partial charge < -0.3 is 5.73 Å². The predicted octanol–water partition coefficient (Wildman–Crippen LogP) is 8.52. The fourth-order valence-electron chi connectivity index (χ4n) is 6.25. The molecule has 0 radical (unpaired) electrons. The molecule has 1 fully saturated rings. The van der Waals surface area contributed by atoms with Gasteiger partial charge in [-0.15, -0.1) is 0 Å². The van der Waals surface area contributed by atoms with E-state index in [1.165, 1.54) is 76.2 Å². The average molecular weight is 438 g/mol. The van der Waals surface area contributed by atoms with E-state index >= 15 is 0 Å². The normalized spacial score (nSPS) is 25.9. The highest BCUT2D eigenvalue weighted by atomic mass is 14.6. The zero-order valence-corrected chi connectivity index (χ0v) is 21.9. The predicted molar refractivity (Wildman–Crippen MR) is 142 cm³/mol. The van der Waals surface area contributed by atoms with Crippen molar-refractivity contribution in [2.45, 2.75) is 124 Å². The molecule has 180 valence electrons. The Kier molecular flexibility index (Phi) is 9.90. The maximum atomic E-state index is 6.75. The minimum absolute atomic E-state index is 0.272. The first kappa shape index (κ1) is 25.5. The van der Waals surface area contributed by atoms with Crippen LogP contribution in [-0.2, 0) is 19.3 Å². The zero-order valence-electron chi connectivity index (χ0n) is 21.9. The van der Waals surface area contributed by atoms with Gasteiger partial charge in [-0.3, -0.25) is 0 Å². The number of nitrogens with two attached hydrogens (primary N) is 1. The number of allylic oxidation sites excluding steroid dienone is 1. The summed E-state index contributed by atoms with van der Waals surface area (Å²) in [6, 6.07) is 5.13. The topological polar surface area (TPSA) is 26.0 Å². The summed E-state index contributed by atoms with van der Waals surface area (Å²) in [6.45, 7) is 12.0. The summed E-state index contributed by atoms with van der Waals surface area (Å²) in [7, 11) is 0. The monoisotopic (exact) mass is 437 g/mol. The standard InChI is InChI=1S/C31H51N/c1-6-7-8-9-23(3)18-29(32)21-28-17-16-27-15-12-24(4)19-30(27)31(28)20-25(5)26-13-10-22(2)11-14-26/h16-17,20,22-24,26,29H,6-15,18-19,21,32H2,1-5H3/b25-20+. The SMILES string of the molecule is CCCCCC(C)CC(N)Cc1ccc2c(c1/C=C(\C)C1CCC(C)CC1)CC(C)CC2. The van der Waals surface area contributed by atoms with Gasteiger partial charge in [0.2, 0.25) is 0 Å². The molecule has 3 unspecified atom stereocenters. The van der Waals surface area contributed by atoms with Gasteiger partial charge in [-0.1, -0.05) is 90.0 Å². The second-order valence-electron chi connectivity index (χ2n) is 11.8. The van der Waals surface area contributed by atoms with E-state index in [1.54, 1.807) is 22.3 Å². The highest BCUT2D eigenvalue weighted by Gasteiger charge is 2.23. The Hall–Kier alpha value is -1.08. The lowest BCUT2D eigenvalue weighted by atomic mass is 9.77. The molecular formula is C31H51N. The van der Waals surface area contributed by atoms with E-state index in [9.17, 15) is 0 Å². The first-order valence-corrected chi connectivity index (χ1v) is 13.9. The van der Waals surface area contributed by atoms with Crippen molar-refractivity contribution in [3.8, 4) is 0 Å². The van der Waals surface area contributed by atoms with Crippen molar-refractivity contribution in [3.63, 3.8) is 0 Å². The molecule has 0 heterocycles. The summed E-state index contributed by atoms with van der Waals surface area (Å²) in [5, 5.41) is 0. The minimum Gasteiger partial charge on any atom is -0.327 e. The van der Waals surface area contributed by atoms with Crippen LogP contribution in [0, 0.1) is 23.7 Å². The van der Waals surface area contributed by atoms with Crippen LogP contribution in [0.5, 0.6) is 0 Å². The lowest BCUT2D eigenvalue weighted by Crippen LogP contribution is -2.26. The highest BCUT2D eigenvalue weighted by molar-refractivity contribution is 5.63. The molecular weight excluding hydrogens is 386 g/mol. The molecule has 1 saturated carbocycles. The van der Waals surface area contributed by atoms with Crippen LogP contribution < -0.4 is 5.73 Å². The summed E-state index contributed by atoms with van der Waals surface area (Å²) in [4.78, 5) is 0. The summed E-state index contributed by atoms with van der Waals surface area (Å²) in [5.41, 5.74) is 14.7. The van der Waals surface area contributed by atoms with Gasteiger partial charge >= 0.3 is 0 Å². The van der Waals surface area contributed by atoms with Gasteiger partial charge in [-0.25, -0.2) is 0 Å². The molecule has 32 heavy (non-hydrogen) atoms. The molecule has 1 heteroatoms. The molecule has 2 aliphatic carbocycles. The first-order chi connectivity index (χ1) is 15.4. The van der Waals surface area contributed by atoms with Gasteiger partial charge in [0.15, 0.2) is 0 Å². The van der Waals surface area contributed by atoms with Crippen molar-refractivity contribution in [1.82, 2.24) is 0 Å². The highest BCUT2D eigenvalue weighted by Crippen LogP contribution is 2.36. The number of hydrogen-bond donors (Lipinski definition) is 1. The Bertz CT molecular complexity index is 737. The zero-order chi connectivity index (χ0) is 23.1. The summed E-state index contributed by atoms with van der Waals surface area (Å²) < 4.78 is 0. The van der Waals surface area contributed by atoms with Gasteiger partial charge in [0, 0.05) is 6.04 Å². The van der Waals surface area contributed by atoms with E-state index in [0.29, 0.717) is 0 Å². The van der Waals surface area contributed by atoms with E-state index in [2.05, 4.69) is 52.8 Å². The van der Waals surface area contributed by atoms with Crippen LogP contribution in [0.4, 0.5) is 0 Å². The molecule has 0 saturated heterocycles. The summed E-state index contributed by atoms with van der Waals surface area (Å²) in [5.74, 6) is 3.23. The molecule has 1 aromatic carbocycles. The van der Waals surface area contributed by atoms with Crippen molar-refractivity contribution < 1.29 is 0 Å². The molecule has 0 aromatic heterocycles. The van der Waals surface area contributed by atoms with E-state index in [-0.39, 0.29) is 6.04 Å².